The fourth-order valence-corrected chi connectivity index (χ4v) is 2.31. The first-order valence-corrected chi connectivity index (χ1v) is 5.48. The van der Waals surface area contributed by atoms with Gasteiger partial charge < -0.3 is 5.11 Å². The van der Waals surface area contributed by atoms with Crippen LogP contribution in [0.1, 0.15) is 40.0 Å². The van der Waals surface area contributed by atoms with Crippen LogP contribution in [0.3, 0.4) is 0 Å². The van der Waals surface area contributed by atoms with Crippen molar-refractivity contribution in [2.45, 2.75) is 52.1 Å². The van der Waals surface area contributed by atoms with Gasteiger partial charge in [-0.1, -0.05) is 6.92 Å². The summed E-state index contributed by atoms with van der Waals surface area (Å²) in [6.07, 6.45) is 2.74. The SMILES string of the molecule is CC1CCC(C)N(C(C)CC(=O)O)C1. The maximum atomic E-state index is 10.6. The van der Waals surface area contributed by atoms with Crippen molar-refractivity contribution in [2.24, 2.45) is 5.92 Å². The highest BCUT2D eigenvalue weighted by atomic mass is 16.4. The Labute approximate surface area is 86.1 Å². The van der Waals surface area contributed by atoms with Crippen LogP contribution in [0.4, 0.5) is 0 Å². The van der Waals surface area contributed by atoms with Gasteiger partial charge in [-0.2, -0.15) is 0 Å². The lowest BCUT2D eigenvalue weighted by Crippen LogP contribution is -2.46. The number of likely N-dealkylation sites (tertiary alicyclic amines) is 1. The normalized spacial score (nSPS) is 31.4. The van der Waals surface area contributed by atoms with Gasteiger partial charge >= 0.3 is 5.97 Å². The van der Waals surface area contributed by atoms with Crippen molar-refractivity contribution in [1.82, 2.24) is 4.90 Å². The zero-order valence-corrected chi connectivity index (χ0v) is 9.36. The van der Waals surface area contributed by atoms with Crippen LogP contribution in [-0.4, -0.2) is 34.6 Å². The molecule has 1 heterocycles. The molecule has 0 amide bonds. The van der Waals surface area contributed by atoms with E-state index in [4.69, 9.17) is 5.11 Å². The lowest BCUT2D eigenvalue weighted by molar-refractivity contribution is -0.138. The summed E-state index contributed by atoms with van der Waals surface area (Å²) >= 11 is 0. The summed E-state index contributed by atoms with van der Waals surface area (Å²) in [4.78, 5) is 12.9. The summed E-state index contributed by atoms with van der Waals surface area (Å²) in [5.41, 5.74) is 0. The van der Waals surface area contributed by atoms with Crippen LogP contribution in [0.5, 0.6) is 0 Å². The summed E-state index contributed by atoms with van der Waals surface area (Å²) in [6, 6.07) is 0.714. The van der Waals surface area contributed by atoms with Crippen molar-refractivity contribution in [2.75, 3.05) is 6.54 Å². The lowest BCUT2D eigenvalue weighted by Gasteiger charge is -2.40. The molecule has 1 rings (SSSR count). The van der Waals surface area contributed by atoms with Crippen LogP contribution in [-0.2, 0) is 4.79 Å². The van der Waals surface area contributed by atoms with E-state index in [0.29, 0.717) is 12.0 Å². The zero-order valence-electron chi connectivity index (χ0n) is 9.36. The fraction of sp³-hybridized carbons (Fsp3) is 0.909. The van der Waals surface area contributed by atoms with Gasteiger partial charge in [-0.05, 0) is 32.6 Å². The molecular formula is C11H21NO2. The Kier molecular flexibility index (Phi) is 3.93. The van der Waals surface area contributed by atoms with Gasteiger partial charge in [0.15, 0.2) is 0 Å². The van der Waals surface area contributed by atoms with Crippen LogP contribution in [0.2, 0.25) is 0 Å². The maximum Gasteiger partial charge on any atom is 0.304 e. The Hall–Kier alpha value is -0.570. The minimum absolute atomic E-state index is 0.172. The molecule has 1 aliphatic heterocycles. The highest BCUT2D eigenvalue weighted by molar-refractivity contribution is 5.67. The van der Waals surface area contributed by atoms with Crippen LogP contribution in [0.25, 0.3) is 0 Å². The van der Waals surface area contributed by atoms with Crippen LogP contribution >= 0.6 is 0 Å². The first kappa shape index (κ1) is 11.5. The molecule has 0 saturated carbocycles. The number of piperidine rings is 1. The van der Waals surface area contributed by atoms with Crippen molar-refractivity contribution in [3.05, 3.63) is 0 Å². The minimum atomic E-state index is -0.692. The average molecular weight is 199 g/mol. The molecule has 0 radical (unpaired) electrons. The number of aliphatic carboxylic acids is 1. The maximum absolute atomic E-state index is 10.6. The van der Waals surface area contributed by atoms with Crippen LogP contribution < -0.4 is 0 Å². The smallest absolute Gasteiger partial charge is 0.304 e. The number of carbonyl (C=O) groups is 1. The van der Waals surface area contributed by atoms with Gasteiger partial charge in [-0.25, -0.2) is 0 Å². The third-order valence-corrected chi connectivity index (χ3v) is 3.20. The number of nitrogens with zero attached hydrogens (tertiary/aromatic N) is 1. The molecule has 0 aromatic carbocycles. The molecular weight excluding hydrogens is 178 g/mol. The van der Waals surface area contributed by atoms with Gasteiger partial charge in [-0.15, -0.1) is 0 Å². The molecule has 0 aliphatic carbocycles. The molecule has 1 N–H and O–H groups in total. The molecule has 3 unspecified atom stereocenters. The first-order valence-electron chi connectivity index (χ1n) is 5.48. The standard InChI is InChI=1S/C11H21NO2/c1-8-4-5-9(2)12(7-8)10(3)6-11(13)14/h8-10H,4-7H2,1-3H3,(H,13,14). The predicted molar refractivity (Wildman–Crippen MR) is 56.3 cm³/mol. The summed E-state index contributed by atoms with van der Waals surface area (Å²) in [7, 11) is 0. The number of hydrogen-bond donors (Lipinski definition) is 1. The molecule has 14 heavy (non-hydrogen) atoms. The van der Waals surface area contributed by atoms with E-state index in [1.807, 2.05) is 6.92 Å². The van der Waals surface area contributed by atoms with Gasteiger partial charge in [0.2, 0.25) is 0 Å². The van der Waals surface area contributed by atoms with Crippen LogP contribution in [0.15, 0.2) is 0 Å². The predicted octanol–water partition coefficient (Wildman–Crippen LogP) is 1.97. The minimum Gasteiger partial charge on any atom is -0.481 e. The highest BCUT2D eigenvalue weighted by Crippen LogP contribution is 2.24. The summed E-state index contributed by atoms with van der Waals surface area (Å²) < 4.78 is 0. The average Bonchev–Trinajstić information content (AvgIpc) is 2.08. The largest absolute Gasteiger partial charge is 0.481 e. The lowest BCUT2D eigenvalue weighted by atomic mass is 9.93. The molecule has 0 aromatic rings. The van der Waals surface area contributed by atoms with E-state index in [1.54, 1.807) is 0 Å². The van der Waals surface area contributed by atoms with Gasteiger partial charge in [0.1, 0.15) is 0 Å². The van der Waals surface area contributed by atoms with E-state index in [2.05, 4.69) is 18.7 Å². The van der Waals surface area contributed by atoms with Gasteiger partial charge in [0.05, 0.1) is 6.42 Å². The van der Waals surface area contributed by atoms with Crippen molar-refractivity contribution < 1.29 is 9.90 Å². The topological polar surface area (TPSA) is 40.5 Å². The number of hydrogen-bond acceptors (Lipinski definition) is 2. The number of carboxylic acids is 1. The molecule has 0 spiro atoms. The zero-order chi connectivity index (χ0) is 10.7. The van der Waals surface area contributed by atoms with Crippen molar-refractivity contribution in [3.8, 4) is 0 Å². The Morgan fingerprint density at radius 3 is 2.71 bits per heavy atom. The first-order chi connectivity index (χ1) is 6.50. The summed E-state index contributed by atoms with van der Waals surface area (Å²) in [5, 5.41) is 8.74. The Morgan fingerprint density at radius 2 is 2.14 bits per heavy atom. The van der Waals surface area contributed by atoms with E-state index in [9.17, 15) is 4.79 Å². The molecule has 1 aliphatic rings. The molecule has 1 fully saturated rings. The molecule has 3 atom stereocenters. The van der Waals surface area contributed by atoms with E-state index in [0.717, 1.165) is 6.54 Å². The van der Waals surface area contributed by atoms with Crippen molar-refractivity contribution in [3.63, 3.8) is 0 Å². The number of carboxylic acid groups (broad SMARTS) is 1. The van der Waals surface area contributed by atoms with Crippen molar-refractivity contribution >= 4 is 5.97 Å². The fourth-order valence-electron chi connectivity index (χ4n) is 2.31. The second kappa shape index (κ2) is 4.78. The van der Waals surface area contributed by atoms with E-state index >= 15 is 0 Å². The molecule has 0 bridgehead atoms. The third-order valence-electron chi connectivity index (χ3n) is 3.20. The van der Waals surface area contributed by atoms with Gasteiger partial charge in [0.25, 0.3) is 0 Å². The monoisotopic (exact) mass is 199 g/mol. The summed E-state index contributed by atoms with van der Waals surface area (Å²) in [5.74, 6) is 0.0189. The molecule has 3 heteroatoms. The van der Waals surface area contributed by atoms with E-state index in [-0.39, 0.29) is 12.5 Å². The second-order valence-electron chi connectivity index (χ2n) is 4.68. The number of rotatable bonds is 3. The van der Waals surface area contributed by atoms with E-state index < -0.39 is 5.97 Å². The third kappa shape index (κ3) is 2.98. The van der Waals surface area contributed by atoms with Gasteiger partial charge in [-0.3, -0.25) is 9.69 Å². The molecule has 82 valence electrons. The Balaban J connectivity index is 2.51. The quantitative estimate of drug-likeness (QED) is 0.755. The van der Waals surface area contributed by atoms with Gasteiger partial charge in [0, 0.05) is 18.6 Å². The molecule has 0 aromatic heterocycles. The Bertz CT molecular complexity index is 205. The summed E-state index contributed by atoms with van der Waals surface area (Å²) in [6.45, 7) is 7.51. The van der Waals surface area contributed by atoms with Crippen LogP contribution in [0, 0.1) is 5.92 Å². The van der Waals surface area contributed by atoms with E-state index in [1.165, 1.54) is 12.8 Å². The molecule has 3 nitrogen and oxygen atoms in total. The molecule has 1 saturated heterocycles. The van der Waals surface area contributed by atoms with Crippen molar-refractivity contribution in [1.29, 1.82) is 0 Å². The Morgan fingerprint density at radius 1 is 1.50 bits per heavy atom. The second-order valence-corrected chi connectivity index (χ2v) is 4.68. The highest BCUT2D eigenvalue weighted by Gasteiger charge is 2.27.